The van der Waals surface area contributed by atoms with E-state index in [-0.39, 0.29) is 17.8 Å². The molecule has 0 bridgehead atoms. The van der Waals surface area contributed by atoms with E-state index in [1.165, 1.54) is 13.2 Å². The van der Waals surface area contributed by atoms with E-state index in [0.29, 0.717) is 22.6 Å². The largest absolute Gasteiger partial charge is 0.497 e. The zero-order valence-corrected chi connectivity index (χ0v) is 11.9. The number of ether oxygens (including phenoxy) is 2. The number of benzene rings is 2. The molecule has 0 amide bonds. The number of rotatable bonds is 3. The van der Waals surface area contributed by atoms with Gasteiger partial charge in [0, 0.05) is 5.56 Å². The Morgan fingerprint density at radius 1 is 1.27 bits per heavy atom. The second-order valence-electron chi connectivity index (χ2n) is 4.99. The van der Waals surface area contributed by atoms with Gasteiger partial charge in [-0.3, -0.25) is 4.79 Å². The van der Waals surface area contributed by atoms with Crippen LogP contribution in [0.25, 0.3) is 0 Å². The van der Waals surface area contributed by atoms with Gasteiger partial charge in [-0.05, 0) is 24.3 Å². The van der Waals surface area contributed by atoms with Gasteiger partial charge in [0.1, 0.15) is 17.6 Å². The summed E-state index contributed by atoms with van der Waals surface area (Å²) in [6, 6.07) is 11.6. The number of aromatic carboxylic acids is 1. The number of carbonyl (C=O) groups excluding carboxylic acids is 1. The molecule has 5 heteroatoms. The van der Waals surface area contributed by atoms with Crippen molar-refractivity contribution in [3.8, 4) is 11.5 Å². The van der Waals surface area contributed by atoms with E-state index in [4.69, 9.17) is 9.47 Å². The highest BCUT2D eigenvalue weighted by Crippen LogP contribution is 2.37. The molecule has 2 aromatic carbocycles. The molecule has 0 aromatic heterocycles. The highest BCUT2D eigenvalue weighted by atomic mass is 16.5. The van der Waals surface area contributed by atoms with Gasteiger partial charge in [-0.2, -0.15) is 0 Å². The molecule has 0 spiro atoms. The predicted molar refractivity (Wildman–Crippen MR) is 78.7 cm³/mol. The Kier molecular flexibility index (Phi) is 3.55. The molecule has 1 aliphatic rings. The average molecular weight is 298 g/mol. The number of methoxy groups -OCH3 is 1. The summed E-state index contributed by atoms with van der Waals surface area (Å²) in [5, 5.41) is 9.27. The minimum atomic E-state index is -1.04. The van der Waals surface area contributed by atoms with Gasteiger partial charge in [-0.25, -0.2) is 4.79 Å². The fourth-order valence-corrected chi connectivity index (χ4v) is 2.58. The number of carbonyl (C=O) groups is 2. The summed E-state index contributed by atoms with van der Waals surface area (Å²) in [5.74, 6) is -0.0974. The molecule has 1 atom stereocenters. The Labute approximate surface area is 127 Å². The van der Waals surface area contributed by atoms with Gasteiger partial charge in [0.05, 0.1) is 24.7 Å². The van der Waals surface area contributed by atoms with Crippen LogP contribution in [0.1, 0.15) is 38.8 Å². The fraction of sp³-hybridized carbons (Fsp3) is 0.176. The standard InChI is InChI=1S/C17H14O5/c1-21-10-6-7-15-13(8-10)14(18)9-16(22-15)11-4-2-3-5-12(11)17(19)20/h2-8,16H,9H2,1H3,(H,19,20). The van der Waals surface area contributed by atoms with E-state index in [0.717, 1.165) is 0 Å². The molecule has 0 saturated heterocycles. The highest BCUT2D eigenvalue weighted by Gasteiger charge is 2.30. The summed E-state index contributed by atoms with van der Waals surface area (Å²) in [7, 11) is 1.53. The van der Waals surface area contributed by atoms with Crippen molar-refractivity contribution in [2.75, 3.05) is 7.11 Å². The first-order chi connectivity index (χ1) is 10.6. The molecule has 22 heavy (non-hydrogen) atoms. The maximum Gasteiger partial charge on any atom is 0.336 e. The smallest absolute Gasteiger partial charge is 0.336 e. The van der Waals surface area contributed by atoms with Crippen molar-refractivity contribution in [2.24, 2.45) is 0 Å². The molecule has 2 aromatic rings. The van der Waals surface area contributed by atoms with Gasteiger partial charge in [-0.1, -0.05) is 18.2 Å². The van der Waals surface area contributed by atoms with Gasteiger partial charge in [0.2, 0.25) is 0 Å². The number of carboxylic acids is 1. The average Bonchev–Trinajstić information content (AvgIpc) is 2.54. The topological polar surface area (TPSA) is 72.8 Å². The zero-order chi connectivity index (χ0) is 15.7. The molecule has 112 valence electrons. The SMILES string of the molecule is COc1ccc2c(c1)C(=O)CC(c1ccccc1C(=O)O)O2. The first-order valence-corrected chi connectivity index (χ1v) is 6.80. The molecule has 0 saturated carbocycles. The monoisotopic (exact) mass is 298 g/mol. The van der Waals surface area contributed by atoms with E-state index in [1.54, 1.807) is 36.4 Å². The predicted octanol–water partition coefficient (Wildman–Crippen LogP) is 3.10. The van der Waals surface area contributed by atoms with Crippen molar-refractivity contribution < 1.29 is 24.2 Å². The van der Waals surface area contributed by atoms with Crippen LogP contribution in [0.3, 0.4) is 0 Å². The first-order valence-electron chi connectivity index (χ1n) is 6.80. The number of carboxylic acid groups (broad SMARTS) is 1. The van der Waals surface area contributed by atoms with Crippen molar-refractivity contribution in [3.63, 3.8) is 0 Å². The van der Waals surface area contributed by atoms with Crippen molar-refractivity contribution in [2.45, 2.75) is 12.5 Å². The molecule has 1 heterocycles. The van der Waals surface area contributed by atoms with Crippen LogP contribution in [0.5, 0.6) is 11.5 Å². The molecule has 0 radical (unpaired) electrons. The lowest BCUT2D eigenvalue weighted by Crippen LogP contribution is -2.22. The Balaban J connectivity index is 2.00. The van der Waals surface area contributed by atoms with Crippen LogP contribution < -0.4 is 9.47 Å². The third-order valence-electron chi connectivity index (χ3n) is 3.67. The van der Waals surface area contributed by atoms with Crippen LogP contribution in [0.2, 0.25) is 0 Å². The summed E-state index contributed by atoms with van der Waals surface area (Å²) >= 11 is 0. The Morgan fingerprint density at radius 2 is 2.05 bits per heavy atom. The fourth-order valence-electron chi connectivity index (χ4n) is 2.58. The van der Waals surface area contributed by atoms with Crippen molar-refractivity contribution in [1.82, 2.24) is 0 Å². The number of fused-ring (bicyclic) bond motifs is 1. The Bertz CT molecular complexity index is 750. The molecule has 3 rings (SSSR count). The van der Waals surface area contributed by atoms with Gasteiger partial charge < -0.3 is 14.6 Å². The lowest BCUT2D eigenvalue weighted by atomic mass is 9.93. The Morgan fingerprint density at radius 3 is 2.77 bits per heavy atom. The molecule has 1 N–H and O–H groups in total. The van der Waals surface area contributed by atoms with Crippen molar-refractivity contribution in [1.29, 1.82) is 0 Å². The van der Waals surface area contributed by atoms with Crippen LogP contribution in [-0.2, 0) is 0 Å². The van der Waals surface area contributed by atoms with E-state index in [1.807, 2.05) is 0 Å². The summed E-state index contributed by atoms with van der Waals surface area (Å²) in [6.07, 6.45) is -0.495. The number of hydrogen-bond donors (Lipinski definition) is 1. The Hall–Kier alpha value is -2.82. The summed E-state index contributed by atoms with van der Waals surface area (Å²) < 4.78 is 10.9. The maximum absolute atomic E-state index is 12.3. The molecular weight excluding hydrogens is 284 g/mol. The molecular formula is C17H14O5. The minimum Gasteiger partial charge on any atom is -0.497 e. The van der Waals surface area contributed by atoms with Crippen LogP contribution >= 0.6 is 0 Å². The van der Waals surface area contributed by atoms with Gasteiger partial charge >= 0.3 is 5.97 Å². The highest BCUT2D eigenvalue weighted by molar-refractivity contribution is 6.00. The second-order valence-corrected chi connectivity index (χ2v) is 4.99. The number of ketones is 1. The molecule has 1 aliphatic heterocycles. The third-order valence-corrected chi connectivity index (χ3v) is 3.67. The lowest BCUT2D eigenvalue weighted by molar-refractivity contribution is 0.0682. The summed E-state index contributed by atoms with van der Waals surface area (Å²) in [4.78, 5) is 23.7. The maximum atomic E-state index is 12.3. The van der Waals surface area contributed by atoms with E-state index >= 15 is 0 Å². The molecule has 0 fully saturated rings. The zero-order valence-electron chi connectivity index (χ0n) is 11.9. The van der Waals surface area contributed by atoms with Crippen molar-refractivity contribution in [3.05, 3.63) is 59.2 Å². The molecule has 1 unspecified atom stereocenters. The minimum absolute atomic E-state index is 0.0923. The summed E-state index contributed by atoms with van der Waals surface area (Å²) in [6.45, 7) is 0. The van der Waals surface area contributed by atoms with E-state index < -0.39 is 12.1 Å². The van der Waals surface area contributed by atoms with Gasteiger partial charge in [-0.15, -0.1) is 0 Å². The van der Waals surface area contributed by atoms with Crippen molar-refractivity contribution >= 4 is 11.8 Å². The van der Waals surface area contributed by atoms with Gasteiger partial charge in [0.15, 0.2) is 5.78 Å². The van der Waals surface area contributed by atoms with Crippen LogP contribution in [0, 0.1) is 0 Å². The molecule has 0 aliphatic carbocycles. The first kappa shape index (κ1) is 14.1. The molecule has 5 nitrogen and oxygen atoms in total. The van der Waals surface area contributed by atoms with Crippen LogP contribution in [-0.4, -0.2) is 24.0 Å². The normalized spacial score (nSPS) is 16.6. The van der Waals surface area contributed by atoms with E-state index in [9.17, 15) is 14.7 Å². The second kappa shape index (κ2) is 5.52. The number of Topliss-reactive ketones (excluding diaryl/α,β-unsaturated/α-hetero) is 1. The third kappa shape index (κ3) is 2.41. The van der Waals surface area contributed by atoms with Crippen LogP contribution in [0.15, 0.2) is 42.5 Å². The number of hydrogen-bond acceptors (Lipinski definition) is 4. The summed E-state index contributed by atoms with van der Waals surface area (Å²) in [5.41, 5.74) is 1.12. The van der Waals surface area contributed by atoms with Crippen LogP contribution in [0.4, 0.5) is 0 Å². The van der Waals surface area contributed by atoms with Gasteiger partial charge in [0.25, 0.3) is 0 Å². The lowest BCUT2D eigenvalue weighted by Gasteiger charge is -2.26. The quantitative estimate of drug-likeness (QED) is 0.942. The van der Waals surface area contributed by atoms with E-state index in [2.05, 4.69) is 0 Å².